The summed E-state index contributed by atoms with van der Waals surface area (Å²) in [4.78, 5) is 24.0. The molecule has 4 nitrogen and oxygen atoms in total. The summed E-state index contributed by atoms with van der Waals surface area (Å²) in [5.41, 5.74) is 3.91. The fraction of sp³-hybridized carbons (Fsp3) is 0.263. The molecule has 1 heterocycles. The smallest absolute Gasteiger partial charge is 0.315 e. The first-order valence-electron chi connectivity index (χ1n) is 7.72. The van der Waals surface area contributed by atoms with E-state index in [-0.39, 0.29) is 18.3 Å². The van der Waals surface area contributed by atoms with E-state index in [4.69, 9.17) is 4.74 Å². The molecule has 0 saturated carbocycles. The predicted molar refractivity (Wildman–Crippen MR) is 89.5 cm³/mol. The number of ether oxygens (including phenoxy) is 1. The number of fused-ring (bicyclic) bond motifs is 1. The van der Waals surface area contributed by atoms with Crippen molar-refractivity contribution in [1.82, 2.24) is 0 Å². The van der Waals surface area contributed by atoms with Crippen LogP contribution in [0.5, 0.6) is 0 Å². The second kappa shape index (κ2) is 6.24. The summed E-state index contributed by atoms with van der Waals surface area (Å²) in [6, 6.07) is 5.68. The van der Waals surface area contributed by atoms with Gasteiger partial charge in [-0.25, -0.2) is 0 Å². The zero-order valence-electron chi connectivity index (χ0n) is 13.3. The van der Waals surface area contributed by atoms with E-state index >= 15 is 0 Å². The second-order valence-electron chi connectivity index (χ2n) is 6.06. The third kappa shape index (κ3) is 3.42. The Bertz CT molecular complexity index is 756. The van der Waals surface area contributed by atoms with Gasteiger partial charge in [0.05, 0.1) is 12.0 Å². The molecule has 0 bridgehead atoms. The number of allylic oxidation sites excluding steroid dienone is 3. The molecule has 23 heavy (non-hydrogen) atoms. The van der Waals surface area contributed by atoms with Crippen LogP contribution in [-0.4, -0.2) is 11.9 Å². The molecular formula is C19H19NO3. The molecule has 0 saturated heterocycles. The van der Waals surface area contributed by atoms with Crippen LogP contribution in [0.3, 0.4) is 0 Å². The van der Waals surface area contributed by atoms with Gasteiger partial charge in [-0.15, -0.1) is 0 Å². The number of hydrogen-bond donors (Lipinski definition) is 1. The van der Waals surface area contributed by atoms with E-state index in [0.717, 1.165) is 28.8 Å². The molecule has 0 spiro atoms. The normalized spacial score (nSPS) is 21.0. The van der Waals surface area contributed by atoms with Gasteiger partial charge in [-0.3, -0.25) is 9.59 Å². The molecule has 0 aromatic heterocycles. The number of esters is 1. The van der Waals surface area contributed by atoms with Crippen LogP contribution in [-0.2, 0) is 14.3 Å². The van der Waals surface area contributed by atoms with Crippen molar-refractivity contribution >= 4 is 23.1 Å². The van der Waals surface area contributed by atoms with E-state index in [1.54, 1.807) is 0 Å². The SMILES string of the molecule is Cc1ccc2c(c1)/C(=C\OC(=O)CC1=CC(C)CC=C1)C(=O)N2. The highest BCUT2D eigenvalue weighted by Crippen LogP contribution is 2.32. The third-order valence-electron chi connectivity index (χ3n) is 3.95. The summed E-state index contributed by atoms with van der Waals surface area (Å²) in [5, 5.41) is 2.76. The molecule has 0 radical (unpaired) electrons. The van der Waals surface area contributed by atoms with Crippen molar-refractivity contribution in [1.29, 1.82) is 0 Å². The van der Waals surface area contributed by atoms with Crippen LogP contribution in [0.15, 0.2) is 48.3 Å². The summed E-state index contributed by atoms with van der Waals surface area (Å²) in [5.74, 6) is -0.170. The number of carbonyl (C=O) groups excluding carboxylic acids is 2. The number of hydrogen-bond acceptors (Lipinski definition) is 3. The van der Waals surface area contributed by atoms with E-state index in [1.807, 2.05) is 31.2 Å². The Kier molecular flexibility index (Phi) is 4.15. The van der Waals surface area contributed by atoms with Gasteiger partial charge < -0.3 is 10.1 Å². The van der Waals surface area contributed by atoms with E-state index in [2.05, 4.69) is 24.4 Å². The molecule has 0 fully saturated rings. The molecule has 1 atom stereocenters. The van der Waals surface area contributed by atoms with Crippen molar-refractivity contribution in [3.05, 3.63) is 59.4 Å². The Labute approximate surface area is 135 Å². The van der Waals surface area contributed by atoms with Crippen LogP contribution >= 0.6 is 0 Å². The van der Waals surface area contributed by atoms with Gasteiger partial charge in [0.15, 0.2) is 0 Å². The minimum Gasteiger partial charge on any atom is -0.433 e. The third-order valence-corrected chi connectivity index (χ3v) is 3.95. The molecule has 2 aliphatic rings. The zero-order chi connectivity index (χ0) is 16.4. The molecule has 1 aliphatic carbocycles. The van der Waals surface area contributed by atoms with Gasteiger partial charge in [0.1, 0.15) is 6.26 Å². The lowest BCUT2D eigenvalue weighted by atomic mass is 9.96. The molecule has 1 amide bonds. The fourth-order valence-electron chi connectivity index (χ4n) is 2.79. The van der Waals surface area contributed by atoms with Crippen LogP contribution in [0.2, 0.25) is 0 Å². The second-order valence-corrected chi connectivity index (χ2v) is 6.06. The van der Waals surface area contributed by atoms with Crippen LogP contribution < -0.4 is 5.32 Å². The van der Waals surface area contributed by atoms with Gasteiger partial charge in [-0.2, -0.15) is 0 Å². The Morgan fingerprint density at radius 1 is 1.43 bits per heavy atom. The molecule has 1 aromatic rings. The maximum atomic E-state index is 12.0. The van der Waals surface area contributed by atoms with Crippen molar-refractivity contribution in [2.75, 3.05) is 5.32 Å². The van der Waals surface area contributed by atoms with Crippen molar-refractivity contribution in [2.24, 2.45) is 5.92 Å². The number of nitrogens with one attached hydrogen (secondary N) is 1. The van der Waals surface area contributed by atoms with Crippen molar-refractivity contribution in [3.8, 4) is 0 Å². The van der Waals surface area contributed by atoms with E-state index < -0.39 is 0 Å². The minimum atomic E-state index is -0.364. The van der Waals surface area contributed by atoms with Crippen LogP contribution in [0.1, 0.15) is 30.9 Å². The molecule has 4 heteroatoms. The van der Waals surface area contributed by atoms with Gasteiger partial charge in [0.2, 0.25) is 0 Å². The van der Waals surface area contributed by atoms with E-state index in [0.29, 0.717) is 11.5 Å². The maximum Gasteiger partial charge on any atom is 0.315 e. The number of amides is 1. The Hall–Kier alpha value is -2.62. The summed E-state index contributed by atoms with van der Waals surface area (Å²) in [6.45, 7) is 4.06. The van der Waals surface area contributed by atoms with Gasteiger partial charge in [0, 0.05) is 11.3 Å². The number of carbonyl (C=O) groups is 2. The molecule has 118 valence electrons. The van der Waals surface area contributed by atoms with Crippen LogP contribution in [0.25, 0.3) is 5.57 Å². The van der Waals surface area contributed by atoms with E-state index in [9.17, 15) is 9.59 Å². The highest BCUT2D eigenvalue weighted by molar-refractivity contribution is 6.31. The van der Waals surface area contributed by atoms with Crippen molar-refractivity contribution in [3.63, 3.8) is 0 Å². The average molecular weight is 309 g/mol. The summed E-state index contributed by atoms with van der Waals surface area (Å²) >= 11 is 0. The average Bonchev–Trinajstić information content (AvgIpc) is 2.80. The number of benzene rings is 1. The van der Waals surface area contributed by atoms with Crippen LogP contribution in [0, 0.1) is 12.8 Å². The molecule has 1 aromatic carbocycles. The monoisotopic (exact) mass is 309 g/mol. The largest absolute Gasteiger partial charge is 0.433 e. The number of aryl methyl sites for hydroxylation is 1. The van der Waals surface area contributed by atoms with Gasteiger partial charge >= 0.3 is 5.97 Å². The quantitative estimate of drug-likeness (QED) is 0.525. The topological polar surface area (TPSA) is 55.4 Å². The first kappa shape index (κ1) is 15.3. The highest BCUT2D eigenvalue weighted by atomic mass is 16.5. The Balaban J connectivity index is 1.71. The number of rotatable bonds is 3. The number of anilines is 1. The Morgan fingerprint density at radius 2 is 2.26 bits per heavy atom. The van der Waals surface area contributed by atoms with Crippen molar-refractivity contribution in [2.45, 2.75) is 26.7 Å². The van der Waals surface area contributed by atoms with Gasteiger partial charge in [0.25, 0.3) is 5.91 Å². The van der Waals surface area contributed by atoms with Crippen LogP contribution in [0.4, 0.5) is 5.69 Å². The predicted octanol–water partition coefficient (Wildman–Crippen LogP) is 3.74. The molecule has 1 aliphatic heterocycles. The minimum absolute atomic E-state index is 0.215. The molecule has 1 N–H and O–H groups in total. The fourth-order valence-corrected chi connectivity index (χ4v) is 2.79. The molecule has 1 unspecified atom stereocenters. The first-order valence-corrected chi connectivity index (χ1v) is 7.72. The maximum absolute atomic E-state index is 12.0. The zero-order valence-corrected chi connectivity index (χ0v) is 13.3. The highest BCUT2D eigenvalue weighted by Gasteiger charge is 2.25. The standard InChI is InChI=1S/C19H19NO3/c1-12-4-3-5-14(8-12)10-18(21)23-11-16-15-9-13(2)6-7-17(15)20-19(16)22/h3,5-9,11-12H,4,10H2,1-2H3,(H,20,22)/b16-11+. The summed E-state index contributed by atoms with van der Waals surface area (Å²) in [6.07, 6.45) is 8.57. The lowest BCUT2D eigenvalue weighted by molar-refractivity contribution is -0.137. The molecular weight excluding hydrogens is 290 g/mol. The summed E-state index contributed by atoms with van der Waals surface area (Å²) in [7, 11) is 0. The van der Waals surface area contributed by atoms with Gasteiger partial charge in [-0.05, 0) is 37.0 Å². The lowest BCUT2D eigenvalue weighted by Gasteiger charge is -2.11. The lowest BCUT2D eigenvalue weighted by Crippen LogP contribution is -2.07. The van der Waals surface area contributed by atoms with Crippen molar-refractivity contribution < 1.29 is 14.3 Å². The first-order chi connectivity index (χ1) is 11.0. The molecule has 3 rings (SSSR count). The Morgan fingerprint density at radius 3 is 3.04 bits per heavy atom. The van der Waals surface area contributed by atoms with E-state index in [1.165, 1.54) is 6.26 Å². The summed E-state index contributed by atoms with van der Waals surface area (Å²) < 4.78 is 5.19. The van der Waals surface area contributed by atoms with Gasteiger partial charge in [-0.1, -0.05) is 36.8 Å².